The minimum absolute atomic E-state index is 0.123. The summed E-state index contributed by atoms with van der Waals surface area (Å²) in [7, 11) is 0. The SMILES string of the molecule is O=C1CC(=Cc2cc(Cl)ccc2Br)C(=O)N1. The average Bonchev–Trinajstić information content (AvgIpc) is 2.51. The molecule has 0 atom stereocenters. The largest absolute Gasteiger partial charge is 0.292 e. The van der Waals surface area contributed by atoms with E-state index in [9.17, 15) is 9.59 Å². The Morgan fingerprint density at radius 1 is 1.38 bits per heavy atom. The van der Waals surface area contributed by atoms with Gasteiger partial charge in [0.15, 0.2) is 0 Å². The Kier molecular flexibility index (Phi) is 3.12. The second kappa shape index (κ2) is 4.39. The Bertz CT molecular complexity index is 511. The summed E-state index contributed by atoms with van der Waals surface area (Å²) in [6.45, 7) is 0. The van der Waals surface area contributed by atoms with Crippen LogP contribution >= 0.6 is 27.5 Å². The van der Waals surface area contributed by atoms with E-state index in [0.29, 0.717) is 10.6 Å². The molecule has 1 heterocycles. The lowest BCUT2D eigenvalue weighted by Gasteiger charge is -2.00. The van der Waals surface area contributed by atoms with Crippen LogP contribution in [0.15, 0.2) is 28.2 Å². The Morgan fingerprint density at radius 3 is 2.75 bits per heavy atom. The summed E-state index contributed by atoms with van der Waals surface area (Å²) >= 11 is 9.20. The van der Waals surface area contributed by atoms with Crippen LogP contribution in [0.3, 0.4) is 0 Å². The van der Waals surface area contributed by atoms with Gasteiger partial charge in [0, 0.05) is 15.1 Å². The number of carbonyl (C=O) groups excluding carboxylic acids is 2. The first-order chi connectivity index (χ1) is 7.56. The Morgan fingerprint density at radius 2 is 2.12 bits per heavy atom. The van der Waals surface area contributed by atoms with Gasteiger partial charge >= 0.3 is 0 Å². The van der Waals surface area contributed by atoms with E-state index in [2.05, 4.69) is 21.2 Å². The zero-order chi connectivity index (χ0) is 11.7. The van der Waals surface area contributed by atoms with Crippen LogP contribution in [0.25, 0.3) is 6.08 Å². The fourth-order valence-corrected chi connectivity index (χ4v) is 1.98. The van der Waals surface area contributed by atoms with Crippen molar-refractivity contribution in [2.75, 3.05) is 0 Å². The van der Waals surface area contributed by atoms with Crippen molar-refractivity contribution in [3.05, 3.63) is 38.8 Å². The molecule has 1 fully saturated rings. The highest BCUT2D eigenvalue weighted by Crippen LogP contribution is 2.25. The molecule has 0 saturated carbocycles. The zero-order valence-corrected chi connectivity index (χ0v) is 10.4. The molecule has 1 saturated heterocycles. The van der Waals surface area contributed by atoms with Gasteiger partial charge in [-0.15, -0.1) is 0 Å². The predicted octanol–water partition coefficient (Wildman–Crippen LogP) is 2.53. The molecule has 0 aromatic heterocycles. The number of nitrogens with one attached hydrogen (secondary N) is 1. The molecule has 1 aliphatic heterocycles. The summed E-state index contributed by atoms with van der Waals surface area (Å²) in [5, 5.41) is 2.81. The van der Waals surface area contributed by atoms with Gasteiger partial charge in [-0.25, -0.2) is 0 Å². The van der Waals surface area contributed by atoms with Crippen molar-refractivity contribution in [3.8, 4) is 0 Å². The first-order valence-corrected chi connectivity index (χ1v) is 5.73. The number of hydrogen-bond donors (Lipinski definition) is 1. The quantitative estimate of drug-likeness (QED) is 0.640. The van der Waals surface area contributed by atoms with Crippen LogP contribution in [-0.2, 0) is 9.59 Å². The Hall–Kier alpha value is -1.13. The molecule has 3 nitrogen and oxygen atoms in total. The van der Waals surface area contributed by atoms with Gasteiger partial charge in [-0.05, 0) is 29.8 Å². The van der Waals surface area contributed by atoms with Gasteiger partial charge in [-0.3, -0.25) is 14.9 Å². The lowest BCUT2D eigenvalue weighted by molar-refractivity contribution is -0.124. The summed E-state index contributed by atoms with van der Waals surface area (Å²) < 4.78 is 0.830. The first kappa shape index (κ1) is 11.4. The summed E-state index contributed by atoms with van der Waals surface area (Å²) in [4.78, 5) is 22.3. The zero-order valence-electron chi connectivity index (χ0n) is 8.09. The molecule has 0 aliphatic carbocycles. The van der Waals surface area contributed by atoms with Crippen molar-refractivity contribution in [1.82, 2.24) is 5.32 Å². The number of amides is 2. The third-order valence-corrected chi connectivity index (χ3v) is 3.14. The summed E-state index contributed by atoms with van der Waals surface area (Å²) in [6, 6.07) is 5.27. The molecule has 0 bridgehead atoms. The van der Waals surface area contributed by atoms with Crippen molar-refractivity contribution in [3.63, 3.8) is 0 Å². The van der Waals surface area contributed by atoms with Crippen LogP contribution in [0.1, 0.15) is 12.0 Å². The van der Waals surface area contributed by atoms with Crippen LogP contribution in [0, 0.1) is 0 Å². The molecular weight excluding hydrogens is 293 g/mol. The number of halogens is 2. The van der Waals surface area contributed by atoms with E-state index < -0.39 is 0 Å². The highest BCUT2D eigenvalue weighted by molar-refractivity contribution is 9.10. The molecule has 5 heteroatoms. The molecular formula is C11H7BrClNO2. The minimum Gasteiger partial charge on any atom is -0.292 e. The maximum atomic E-state index is 11.3. The van der Waals surface area contributed by atoms with E-state index in [1.165, 1.54) is 0 Å². The van der Waals surface area contributed by atoms with E-state index in [-0.39, 0.29) is 18.2 Å². The van der Waals surface area contributed by atoms with Crippen molar-refractivity contribution < 1.29 is 9.59 Å². The molecule has 0 radical (unpaired) electrons. The van der Waals surface area contributed by atoms with Crippen LogP contribution < -0.4 is 5.32 Å². The maximum absolute atomic E-state index is 11.3. The first-order valence-electron chi connectivity index (χ1n) is 4.56. The fraction of sp³-hybridized carbons (Fsp3) is 0.0909. The van der Waals surface area contributed by atoms with Gasteiger partial charge < -0.3 is 0 Å². The standard InChI is InChI=1S/C11H7BrClNO2/c12-9-2-1-8(13)4-6(9)3-7-5-10(15)14-11(7)16/h1-4H,5H2,(H,14,15,16). The number of imide groups is 1. The Balaban J connectivity index is 2.39. The molecule has 2 amide bonds. The van der Waals surface area contributed by atoms with Crippen LogP contribution in [0.5, 0.6) is 0 Å². The maximum Gasteiger partial charge on any atom is 0.254 e. The van der Waals surface area contributed by atoms with E-state index in [1.807, 2.05) is 0 Å². The van der Waals surface area contributed by atoms with E-state index in [0.717, 1.165) is 10.0 Å². The van der Waals surface area contributed by atoms with E-state index in [1.54, 1.807) is 24.3 Å². The smallest absolute Gasteiger partial charge is 0.254 e. The molecule has 0 spiro atoms. The van der Waals surface area contributed by atoms with Crippen LogP contribution in [0.2, 0.25) is 5.02 Å². The molecule has 0 unspecified atom stereocenters. The number of rotatable bonds is 1. The highest BCUT2D eigenvalue weighted by Gasteiger charge is 2.23. The molecule has 1 aromatic rings. The molecule has 16 heavy (non-hydrogen) atoms. The van der Waals surface area contributed by atoms with Crippen molar-refractivity contribution >= 4 is 45.4 Å². The Labute approximate surface area is 106 Å². The second-order valence-electron chi connectivity index (χ2n) is 3.39. The van der Waals surface area contributed by atoms with Crippen molar-refractivity contribution in [1.29, 1.82) is 0 Å². The molecule has 1 N–H and O–H groups in total. The van der Waals surface area contributed by atoms with Crippen LogP contribution in [0.4, 0.5) is 0 Å². The summed E-state index contributed by atoms with van der Waals surface area (Å²) in [5.74, 6) is -0.605. The van der Waals surface area contributed by atoms with Gasteiger partial charge in [-0.2, -0.15) is 0 Å². The molecule has 82 valence electrons. The minimum atomic E-state index is -0.336. The highest BCUT2D eigenvalue weighted by atomic mass is 79.9. The molecule has 2 rings (SSSR count). The molecule has 1 aliphatic rings. The number of benzene rings is 1. The lowest BCUT2D eigenvalue weighted by atomic mass is 10.1. The van der Waals surface area contributed by atoms with Crippen molar-refractivity contribution in [2.24, 2.45) is 0 Å². The normalized spacial score (nSPS) is 18.0. The van der Waals surface area contributed by atoms with E-state index in [4.69, 9.17) is 11.6 Å². The van der Waals surface area contributed by atoms with Crippen molar-refractivity contribution in [2.45, 2.75) is 6.42 Å². The van der Waals surface area contributed by atoms with Gasteiger partial charge in [-0.1, -0.05) is 27.5 Å². The predicted molar refractivity (Wildman–Crippen MR) is 64.9 cm³/mol. The molecule has 1 aromatic carbocycles. The second-order valence-corrected chi connectivity index (χ2v) is 4.68. The monoisotopic (exact) mass is 299 g/mol. The average molecular weight is 301 g/mol. The summed E-state index contributed by atoms with van der Waals surface area (Å²) in [5.41, 5.74) is 1.24. The topological polar surface area (TPSA) is 46.2 Å². The lowest BCUT2D eigenvalue weighted by Crippen LogP contribution is -2.19. The fourth-order valence-electron chi connectivity index (χ4n) is 1.43. The van der Waals surface area contributed by atoms with Crippen LogP contribution in [-0.4, -0.2) is 11.8 Å². The van der Waals surface area contributed by atoms with Gasteiger partial charge in [0.2, 0.25) is 5.91 Å². The van der Waals surface area contributed by atoms with Gasteiger partial charge in [0.1, 0.15) is 0 Å². The van der Waals surface area contributed by atoms with E-state index >= 15 is 0 Å². The van der Waals surface area contributed by atoms with Gasteiger partial charge in [0.25, 0.3) is 5.91 Å². The number of carbonyl (C=O) groups is 2. The van der Waals surface area contributed by atoms with Gasteiger partial charge in [0.05, 0.1) is 6.42 Å². The third-order valence-electron chi connectivity index (χ3n) is 2.18. The number of hydrogen-bond acceptors (Lipinski definition) is 2. The summed E-state index contributed by atoms with van der Waals surface area (Å²) in [6.07, 6.45) is 1.79. The third kappa shape index (κ3) is 2.33.